The summed E-state index contributed by atoms with van der Waals surface area (Å²) in [7, 11) is 0. The summed E-state index contributed by atoms with van der Waals surface area (Å²) < 4.78 is 0. The van der Waals surface area contributed by atoms with Crippen molar-refractivity contribution in [1.82, 2.24) is 4.98 Å². The van der Waals surface area contributed by atoms with E-state index in [2.05, 4.69) is 110 Å². The van der Waals surface area contributed by atoms with Crippen molar-refractivity contribution < 1.29 is 0 Å². The number of para-hydroxylation sites is 1. The van der Waals surface area contributed by atoms with Crippen LogP contribution in [-0.2, 0) is 6.42 Å². The zero-order valence-electron chi connectivity index (χ0n) is 19.1. The molecule has 0 saturated carbocycles. The van der Waals surface area contributed by atoms with E-state index in [9.17, 15) is 0 Å². The first-order valence-electron chi connectivity index (χ1n) is 11.7. The van der Waals surface area contributed by atoms with E-state index in [0.717, 1.165) is 29.0 Å². The molecule has 34 heavy (non-hydrogen) atoms. The second-order valence-corrected chi connectivity index (χ2v) is 8.69. The van der Waals surface area contributed by atoms with Crippen LogP contribution in [0.3, 0.4) is 0 Å². The van der Waals surface area contributed by atoms with Crippen molar-refractivity contribution in [1.29, 1.82) is 0 Å². The summed E-state index contributed by atoms with van der Waals surface area (Å²) in [6.45, 7) is 2.06. The summed E-state index contributed by atoms with van der Waals surface area (Å²) in [5.74, 6) is 0.844. The van der Waals surface area contributed by atoms with Crippen LogP contribution in [0.2, 0.25) is 0 Å². The molecule has 0 bridgehead atoms. The van der Waals surface area contributed by atoms with E-state index in [1.165, 1.54) is 38.4 Å². The molecular weight excluding hydrogens is 412 g/mol. The molecule has 1 aliphatic heterocycles. The lowest BCUT2D eigenvalue weighted by Gasteiger charge is -2.08. The van der Waals surface area contributed by atoms with Crippen LogP contribution < -0.4 is 0 Å². The van der Waals surface area contributed by atoms with Crippen molar-refractivity contribution in [3.63, 3.8) is 0 Å². The smallest absolute Gasteiger partial charge is 0.156 e. The molecule has 0 fully saturated rings. The Bertz CT molecular complexity index is 1620. The number of aromatic nitrogens is 1. The highest BCUT2D eigenvalue weighted by Gasteiger charge is 2.16. The maximum Gasteiger partial charge on any atom is 0.156 e. The van der Waals surface area contributed by atoms with Gasteiger partial charge in [-0.1, -0.05) is 84.9 Å². The number of rotatable bonds is 4. The molecule has 2 heteroatoms. The Morgan fingerprint density at radius 2 is 1.53 bits per heavy atom. The van der Waals surface area contributed by atoms with Crippen molar-refractivity contribution in [3.05, 3.63) is 126 Å². The number of allylic oxidation sites excluding steroid dienone is 4. The van der Waals surface area contributed by atoms with Crippen molar-refractivity contribution >= 4 is 38.8 Å². The van der Waals surface area contributed by atoms with Gasteiger partial charge in [-0.3, -0.25) is 0 Å². The van der Waals surface area contributed by atoms with Gasteiger partial charge in [0.15, 0.2) is 5.82 Å². The van der Waals surface area contributed by atoms with Crippen molar-refractivity contribution in [3.8, 4) is 11.1 Å². The summed E-state index contributed by atoms with van der Waals surface area (Å²) in [6, 6.07) is 34.4. The maximum atomic E-state index is 4.85. The lowest BCUT2D eigenvalue weighted by atomic mass is 9.96. The minimum absolute atomic E-state index is 0.808. The summed E-state index contributed by atoms with van der Waals surface area (Å²) in [6.07, 6.45) is 7.26. The van der Waals surface area contributed by atoms with Crippen LogP contribution in [0.15, 0.2) is 120 Å². The first-order chi connectivity index (χ1) is 16.8. The molecule has 1 aliphatic rings. The van der Waals surface area contributed by atoms with Gasteiger partial charge in [0.05, 0.1) is 5.52 Å². The van der Waals surface area contributed by atoms with E-state index in [1.54, 1.807) is 0 Å². The van der Waals surface area contributed by atoms with E-state index in [1.807, 2.05) is 12.1 Å². The van der Waals surface area contributed by atoms with Crippen LogP contribution in [0, 0.1) is 0 Å². The van der Waals surface area contributed by atoms with Gasteiger partial charge >= 0.3 is 0 Å². The van der Waals surface area contributed by atoms with Gasteiger partial charge < -0.3 is 0 Å². The molecule has 0 aliphatic carbocycles. The Morgan fingerprint density at radius 3 is 2.41 bits per heavy atom. The van der Waals surface area contributed by atoms with E-state index in [-0.39, 0.29) is 0 Å². The van der Waals surface area contributed by atoms with Gasteiger partial charge in [-0.15, -0.1) is 0 Å². The minimum Gasteiger partial charge on any atom is -0.233 e. The maximum absolute atomic E-state index is 4.85. The van der Waals surface area contributed by atoms with E-state index in [4.69, 9.17) is 9.98 Å². The van der Waals surface area contributed by atoms with Crippen molar-refractivity contribution in [2.24, 2.45) is 4.99 Å². The summed E-state index contributed by atoms with van der Waals surface area (Å²) in [5.41, 5.74) is 8.06. The minimum atomic E-state index is 0.808. The molecule has 6 rings (SSSR count). The summed E-state index contributed by atoms with van der Waals surface area (Å²) in [5, 5.41) is 3.64. The van der Waals surface area contributed by atoms with Crippen LogP contribution in [0.5, 0.6) is 0 Å². The largest absolute Gasteiger partial charge is 0.233 e. The molecule has 0 atom stereocenters. The molecule has 4 aromatic carbocycles. The molecule has 0 N–H and O–H groups in total. The molecule has 5 aromatic rings. The molecule has 162 valence electrons. The predicted molar refractivity (Wildman–Crippen MR) is 145 cm³/mol. The Hall–Kier alpha value is -4.30. The third-order valence-electron chi connectivity index (χ3n) is 6.35. The lowest BCUT2D eigenvalue weighted by molar-refractivity contribution is 1.30. The molecule has 0 saturated heterocycles. The van der Waals surface area contributed by atoms with E-state index in [0.29, 0.717) is 0 Å². The Kier molecular flexibility index (Phi) is 5.12. The number of hydrogen-bond donors (Lipinski definition) is 0. The fourth-order valence-corrected chi connectivity index (χ4v) is 4.65. The zero-order chi connectivity index (χ0) is 22.9. The SMILES string of the molecule is C/C=C\C(=C/C1=Nc2nc3ccccc3cc2C1)c1ccc2cc(-c3ccccc3)ccc2c1. The Labute approximate surface area is 199 Å². The molecule has 0 radical (unpaired) electrons. The van der Waals surface area contributed by atoms with Crippen molar-refractivity contribution in [2.45, 2.75) is 13.3 Å². The van der Waals surface area contributed by atoms with E-state index < -0.39 is 0 Å². The van der Waals surface area contributed by atoms with E-state index >= 15 is 0 Å². The predicted octanol–water partition coefficient (Wildman–Crippen LogP) is 8.34. The Morgan fingerprint density at radius 1 is 0.735 bits per heavy atom. The molecule has 0 amide bonds. The van der Waals surface area contributed by atoms with Crippen LogP contribution in [0.25, 0.3) is 38.4 Å². The van der Waals surface area contributed by atoms with Gasteiger partial charge in [0.1, 0.15) is 0 Å². The normalized spacial score (nSPS) is 13.6. The standard InChI is InChI=1S/C32H24N2/c1-2-8-23(20-30-21-29-19-28-11-6-7-12-31(28)34-32(29)33-30)25-15-16-26-17-24(13-14-27(26)18-25)22-9-4-3-5-10-22/h2-20H,21H2,1H3/b8-2-,23-20+. The molecule has 0 unspecified atom stereocenters. The molecule has 2 nitrogen and oxygen atoms in total. The number of fused-ring (bicyclic) bond motifs is 3. The van der Waals surface area contributed by atoms with Crippen LogP contribution in [-0.4, -0.2) is 10.7 Å². The number of pyridine rings is 1. The lowest BCUT2D eigenvalue weighted by Crippen LogP contribution is -1.95. The third kappa shape index (κ3) is 3.84. The monoisotopic (exact) mass is 436 g/mol. The molecular formula is C32H24N2. The fraction of sp³-hybridized carbons (Fsp3) is 0.0625. The van der Waals surface area contributed by atoms with Gasteiger partial charge in [0.25, 0.3) is 0 Å². The van der Waals surface area contributed by atoms with Gasteiger partial charge in [-0.2, -0.15) is 0 Å². The van der Waals surface area contributed by atoms with Crippen molar-refractivity contribution in [2.75, 3.05) is 0 Å². The highest BCUT2D eigenvalue weighted by atomic mass is 14.9. The van der Waals surface area contributed by atoms with Gasteiger partial charge in [-0.05, 0) is 70.3 Å². The first-order valence-corrected chi connectivity index (χ1v) is 11.7. The summed E-state index contributed by atoms with van der Waals surface area (Å²) >= 11 is 0. The number of hydrogen-bond acceptors (Lipinski definition) is 2. The van der Waals surface area contributed by atoms with Gasteiger partial charge in [-0.25, -0.2) is 9.98 Å². The molecule has 1 aromatic heterocycles. The summed E-state index contributed by atoms with van der Waals surface area (Å²) in [4.78, 5) is 9.62. The van der Waals surface area contributed by atoms with Gasteiger partial charge in [0.2, 0.25) is 0 Å². The number of aliphatic imine (C=N–C) groups is 1. The number of benzene rings is 4. The van der Waals surface area contributed by atoms with Gasteiger partial charge in [0, 0.05) is 23.1 Å². The number of nitrogens with zero attached hydrogens (tertiary/aromatic N) is 2. The first kappa shape index (κ1) is 20.3. The molecule has 2 heterocycles. The van der Waals surface area contributed by atoms with Crippen LogP contribution in [0.1, 0.15) is 18.1 Å². The second kappa shape index (κ2) is 8.57. The average Bonchev–Trinajstić information content (AvgIpc) is 3.28. The second-order valence-electron chi connectivity index (χ2n) is 8.69. The van der Waals surface area contributed by atoms with Crippen LogP contribution in [0.4, 0.5) is 5.82 Å². The topological polar surface area (TPSA) is 25.2 Å². The molecule has 0 spiro atoms. The average molecular weight is 437 g/mol. The third-order valence-corrected chi connectivity index (χ3v) is 6.35. The fourth-order valence-electron chi connectivity index (χ4n) is 4.65. The van der Waals surface area contributed by atoms with Crippen LogP contribution >= 0.6 is 0 Å². The highest BCUT2D eigenvalue weighted by molar-refractivity contribution is 6.08. The quantitative estimate of drug-likeness (QED) is 0.260. The zero-order valence-corrected chi connectivity index (χ0v) is 19.1. The Balaban J connectivity index is 1.35. The highest BCUT2D eigenvalue weighted by Crippen LogP contribution is 2.31.